The number of hydrogen-bond acceptors (Lipinski definition) is 3. The van der Waals surface area contributed by atoms with Gasteiger partial charge in [-0.15, -0.1) is 0 Å². The van der Waals surface area contributed by atoms with Crippen LogP contribution in [-0.4, -0.2) is 27.9 Å². The third-order valence-electron chi connectivity index (χ3n) is 4.01. The third-order valence-corrected chi connectivity index (χ3v) is 4.01. The monoisotopic (exact) mass is 340 g/mol. The maximum Gasteiger partial charge on any atom is 0.335 e. The van der Waals surface area contributed by atoms with E-state index in [9.17, 15) is 9.59 Å². The topological polar surface area (TPSA) is 69.6 Å². The number of rotatable bonds is 7. The van der Waals surface area contributed by atoms with Crippen LogP contribution in [0.4, 0.5) is 5.69 Å². The van der Waals surface area contributed by atoms with Gasteiger partial charge in [0.15, 0.2) is 0 Å². The highest BCUT2D eigenvalue weighted by molar-refractivity contribution is 5.87. The number of carbonyl (C=O) groups excluding carboxylic acids is 1. The van der Waals surface area contributed by atoms with Gasteiger partial charge in [0.2, 0.25) is 5.91 Å². The van der Waals surface area contributed by atoms with Gasteiger partial charge in [-0.25, -0.2) is 4.79 Å². The highest BCUT2D eigenvalue weighted by Crippen LogP contribution is 2.15. The van der Waals surface area contributed by atoms with E-state index in [0.717, 1.165) is 16.8 Å². The third kappa shape index (κ3) is 5.35. The van der Waals surface area contributed by atoms with Gasteiger partial charge in [-0.3, -0.25) is 4.79 Å². The first kappa shape index (κ1) is 18.5. The average Bonchev–Trinajstić information content (AvgIpc) is 2.58. The number of carbonyl (C=O) groups is 2. The van der Waals surface area contributed by atoms with Crippen LogP contribution in [0.5, 0.6) is 0 Å². The Labute approximate surface area is 148 Å². The summed E-state index contributed by atoms with van der Waals surface area (Å²) >= 11 is 0. The van der Waals surface area contributed by atoms with Gasteiger partial charge < -0.3 is 15.3 Å². The molecule has 0 fully saturated rings. The summed E-state index contributed by atoms with van der Waals surface area (Å²) in [6.45, 7) is 6.73. The van der Waals surface area contributed by atoms with Crippen molar-refractivity contribution in [1.29, 1.82) is 0 Å². The molecule has 0 radical (unpaired) electrons. The van der Waals surface area contributed by atoms with Gasteiger partial charge in [0.05, 0.1) is 5.56 Å². The second kappa shape index (κ2) is 8.33. The summed E-state index contributed by atoms with van der Waals surface area (Å²) in [5, 5.41) is 12.3. The summed E-state index contributed by atoms with van der Waals surface area (Å²) in [5.41, 5.74) is 3.21. The number of aromatic carboxylic acids is 1. The fourth-order valence-corrected chi connectivity index (χ4v) is 2.60. The van der Waals surface area contributed by atoms with E-state index in [0.29, 0.717) is 13.1 Å². The summed E-state index contributed by atoms with van der Waals surface area (Å²) in [6.07, 6.45) is 0. The molecule has 0 spiro atoms. The van der Waals surface area contributed by atoms with Crippen LogP contribution in [0.25, 0.3) is 0 Å². The quantitative estimate of drug-likeness (QED) is 0.805. The first-order valence-electron chi connectivity index (χ1n) is 8.29. The van der Waals surface area contributed by atoms with Crippen LogP contribution < -0.4 is 5.32 Å². The molecule has 0 saturated heterocycles. The molecule has 0 aliphatic heterocycles. The molecular weight excluding hydrogens is 316 g/mol. The molecule has 0 bridgehead atoms. The molecule has 0 aromatic heterocycles. The molecule has 2 aromatic rings. The Hall–Kier alpha value is -2.82. The first-order valence-corrected chi connectivity index (χ1v) is 8.29. The zero-order valence-corrected chi connectivity index (χ0v) is 14.8. The number of amides is 1. The van der Waals surface area contributed by atoms with Gasteiger partial charge in [-0.2, -0.15) is 0 Å². The lowest BCUT2D eigenvalue weighted by Crippen LogP contribution is -2.34. The van der Waals surface area contributed by atoms with Gasteiger partial charge in [0, 0.05) is 31.7 Å². The van der Waals surface area contributed by atoms with Crippen molar-refractivity contribution in [2.75, 3.05) is 5.32 Å². The van der Waals surface area contributed by atoms with Crippen LogP contribution in [0.1, 0.15) is 42.3 Å². The maximum atomic E-state index is 11.7. The van der Waals surface area contributed by atoms with Crippen molar-refractivity contribution in [2.45, 2.75) is 39.9 Å². The number of nitrogens with one attached hydrogen (secondary N) is 1. The molecule has 5 nitrogen and oxygen atoms in total. The smallest absolute Gasteiger partial charge is 0.335 e. The van der Waals surface area contributed by atoms with Crippen molar-refractivity contribution in [3.8, 4) is 0 Å². The van der Waals surface area contributed by atoms with E-state index in [4.69, 9.17) is 5.11 Å². The van der Waals surface area contributed by atoms with Crippen molar-refractivity contribution in [3.63, 3.8) is 0 Å². The number of anilines is 1. The minimum absolute atomic E-state index is 0.0653. The molecule has 0 aliphatic carbocycles. The van der Waals surface area contributed by atoms with Gasteiger partial charge in [0.1, 0.15) is 0 Å². The van der Waals surface area contributed by atoms with Crippen molar-refractivity contribution < 1.29 is 14.7 Å². The Balaban J connectivity index is 1.97. The Morgan fingerprint density at radius 3 is 2.32 bits per heavy atom. The zero-order valence-electron chi connectivity index (χ0n) is 14.8. The maximum absolute atomic E-state index is 11.7. The predicted molar refractivity (Wildman–Crippen MR) is 98.5 cm³/mol. The predicted octanol–water partition coefficient (Wildman–Crippen LogP) is 3.75. The van der Waals surface area contributed by atoms with Crippen LogP contribution in [0.2, 0.25) is 0 Å². The molecule has 5 heteroatoms. The Morgan fingerprint density at radius 2 is 1.76 bits per heavy atom. The highest BCUT2D eigenvalue weighted by atomic mass is 16.4. The van der Waals surface area contributed by atoms with Gasteiger partial charge in [-0.1, -0.05) is 24.3 Å². The lowest BCUT2D eigenvalue weighted by Gasteiger charge is -2.25. The fraction of sp³-hybridized carbons (Fsp3) is 0.300. The van der Waals surface area contributed by atoms with Gasteiger partial charge in [0.25, 0.3) is 0 Å². The molecule has 0 heterocycles. The molecule has 0 atom stereocenters. The molecule has 2 rings (SSSR count). The lowest BCUT2D eigenvalue weighted by atomic mass is 10.1. The SMILES string of the molecule is CC(=O)N(Cc1ccc(NCc2cccc(C(=O)O)c2)cc1)C(C)C. The summed E-state index contributed by atoms with van der Waals surface area (Å²) < 4.78 is 0. The van der Waals surface area contributed by atoms with Crippen molar-refractivity contribution in [2.24, 2.45) is 0 Å². The first-order chi connectivity index (χ1) is 11.9. The van der Waals surface area contributed by atoms with E-state index < -0.39 is 5.97 Å². The van der Waals surface area contributed by atoms with Gasteiger partial charge in [-0.05, 0) is 49.2 Å². The van der Waals surface area contributed by atoms with Crippen molar-refractivity contribution in [1.82, 2.24) is 4.90 Å². The van der Waals surface area contributed by atoms with E-state index in [-0.39, 0.29) is 17.5 Å². The van der Waals surface area contributed by atoms with E-state index in [1.54, 1.807) is 25.1 Å². The number of hydrogen-bond donors (Lipinski definition) is 2. The Morgan fingerprint density at radius 1 is 1.08 bits per heavy atom. The van der Waals surface area contributed by atoms with Crippen LogP contribution >= 0.6 is 0 Å². The molecule has 0 saturated carbocycles. The normalized spacial score (nSPS) is 10.6. The molecule has 0 aliphatic rings. The number of carboxylic acids is 1. The molecular formula is C20H24N2O3. The Bertz CT molecular complexity index is 739. The molecule has 2 aromatic carbocycles. The standard InChI is InChI=1S/C20H24N2O3/c1-14(2)22(15(3)23)13-16-7-9-19(10-8-16)21-12-17-5-4-6-18(11-17)20(24)25/h4-11,14,21H,12-13H2,1-3H3,(H,24,25). The summed E-state index contributed by atoms with van der Waals surface area (Å²) in [4.78, 5) is 24.5. The number of carboxylic acid groups (broad SMARTS) is 1. The van der Waals surface area contributed by atoms with Crippen LogP contribution in [0.3, 0.4) is 0 Å². The largest absolute Gasteiger partial charge is 0.478 e. The van der Waals surface area contributed by atoms with E-state index in [2.05, 4.69) is 5.32 Å². The average molecular weight is 340 g/mol. The number of nitrogens with zero attached hydrogens (tertiary/aromatic N) is 1. The summed E-state index contributed by atoms with van der Waals surface area (Å²) in [7, 11) is 0. The summed E-state index contributed by atoms with van der Waals surface area (Å²) in [5.74, 6) is -0.859. The Kier molecular flexibility index (Phi) is 6.17. The molecule has 25 heavy (non-hydrogen) atoms. The summed E-state index contributed by atoms with van der Waals surface area (Å²) in [6, 6.07) is 15.0. The van der Waals surface area contributed by atoms with Crippen LogP contribution in [0, 0.1) is 0 Å². The van der Waals surface area contributed by atoms with E-state index in [1.165, 1.54) is 0 Å². The van der Waals surface area contributed by atoms with E-state index in [1.807, 2.05) is 49.1 Å². The molecule has 132 valence electrons. The minimum Gasteiger partial charge on any atom is -0.478 e. The van der Waals surface area contributed by atoms with Crippen molar-refractivity contribution in [3.05, 3.63) is 65.2 Å². The van der Waals surface area contributed by atoms with Crippen molar-refractivity contribution >= 4 is 17.6 Å². The second-order valence-electron chi connectivity index (χ2n) is 6.30. The molecule has 2 N–H and O–H groups in total. The van der Waals surface area contributed by atoms with Crippen LogP contribution in [-0.2, 0) is 17.9 Å². The molecule has 1 amide bonds. The molecule has 0 unspecified atom stereocenters. The second-order valence-corrected chi connectivity index (χ2v) is 6.30. The zero-order chi connectivity index (χ0) is 18.4. The van der Waals surface area contributed by atoms with Crippen LogP contribution in [0.15, 0.2) is 48.5 Å². The number of benzene rings is 2. The van der Waals surface area contributed by atoms with Gasteiger partial charge >= 0.3 is 5.97 Å². The highest BCUT2D eigenvalue weighted by Gasteiger charge is 2.12. The minimum atomic E-state index is -0.925. The fourth-order valence-electron chi connectivity index (χ4n) is 2.60. The lowest BCUT2D eigenvalue weighted by molar-refractivity contribution is -0.131. The van der Waals surface area contributed by atoms with E-state index >= 15 is 0 Å².